The predicted octanol–water partition coefficient (Wildman–Crippen LogP) is 3.09. The monoisotopic (exact) mass is 360 g/mol. The summed E-state index contributed by atoms with van der Waals surface area (Å²) < 4.78 is 4.28. The van der Waals surface area contributed by atoms with E-state index in [4.69, 9.17) is 4.74 Å². The van der Waals surface area contributed by atoms with E-state index in [1.54, 1.807) is 0 Å². The number of esters is 1. The van der Waals surface area contributed by atoms with Gasteiger partial charge in [0.05, 0.1) is 0 Å². The van der Waals surface area contributed by atoms with Gasteiger partial charge in [-0.05, 0) is 27.9 Å². The molecule has 1 aliphatic rings. The fourth-order valence-electron chi connectivity index (χ4n) is 1.01. The maximum Gasteiger partial charge on any atom is 0.332 e. The number of alkyl halides is 3. The summed E-state index contributed by atoms with van der Waals surface area (Å²) in [5, 5.41) is 0. The summed E-state index contributed by atoms with van der Waals surface area (Å²) in [4.78, 5) is 11.0. The van der Waals surface area contributed by atoms with E-state index in [0.717, 1.165) is 12.0 Å². The molecule has 0 N–H and O–H groups in total. The molecule has 2 nitrogen and oxygen atoms in total. The number of ether oxygens (including phenoxy) is 1. The minimum Gasteiger partial charge on any atom is -0.438 e. The minimum atomic E-state index is -0.709. The van der Waals surface area contributed by atoms with Crippen molar-refractivity contribution in [3.8, 4) is 0 Å². The number of rotatable bonds is 2. The van der Waals surface area contributed by atoms with Crippen molar-refractivity contribution in [3.05, 3.63) is 11.6 Å². The van der Waals surface area contributed by atoms with Crippen LogP contribution in [0.5, 0.6) is 0 Å². The van der Waals surface area contributed by atoms with Gasteiger partial charge in [-0.25, -0.2) is 4.79 Å². The van der Waals surface area contributed by atoms with Crippen molar-refractivity contribution in [2.45, 2.75) is 21.6 Å². The van der Waals surface area contributed by atoms with Gasteiger partial charge in [0, 0.05) is 6.08 Å². The van der Waals surface area contributed by atoms with Gasteiger partial charge in [0.2, 0.25) is 4.51 Å². The smallest absolute Gasteiger partial charge is 0.332 e. The van der Waals surface area contributed by atoms with Crippen LogP contribution in [0.4, 0.5) is 0 Å². The van der Waals surface area contributed by atoms with E-state index in [-0.39, 0.29) is 9.71 Å². The highest BCUT2D eigenvalue weighted by atomic mass is 79.9. The predicted molar refractivity (Wildman–Crippen MR) is 57.8 cm³/mol. The lowest BCUT2D eigenvalue weighted by molar-refractivity contribution is -0.139. The SMILES string of the molecule is CCC1=CC(=O)OC1(Br)C(Br)Br. The Kier molecular flexibility index (Phi) is 3.40. The van der Waals surface area contributed by atoms with Gasteiger partial charge in [-0.2, -0.15) is 0 Å². The minimum absolute atomic E-state index is 0.116. The molecule has 0 aromatic carbocycles. The molecule has 68 valence electrons. The van der Waals surface area contributed by atoms with E-state index >= 15 is 0 Å². The molecule has 0 aliphatic carbocycles. The molecule has 1 rings (SSSR count). The second-order valence-corrected chi connectivity index (χ2v) is 6.63. The van der Waals surface area contributed by atoms with Crippen LogP contribution in [0.2, 0.25) is 0 Å². The van der Waals surface area contributed by atoms with Gasteiger partial charge >= 0.3 is 5.97 Å². The van der Waals surface area contributed by atoms with Gasteiger partial charge in [0.25, 0.3) is 0 Å². The van der Waals surface area contributed by atoms with E-state index in [2.05, 4.69) is 47.8 Å². The zero-order valence-corrected chi connectivity index (χ0v) is 11.1. The number of carbonyl (C=O) groups is 1. The standard InChI is InChI=1S/C7H7Br3O2/c1-2-4-3-5(11)12-7(4,10)6(8)9/h3,6H,2H2,1H3. The van der Waals surface area contributed by atoms with Crippen molar-refractivity contribution in [1.29, 1.82) is 0 Å². The highest BCUT2D eigenvalue weighted by Crippen LogP contribution is 2.44. The molecule has 1 unspecified atom stereocenters. The average Bonchev–Trinajstić information content (AvgIpc) is 2.27. The van der Waals surface area contributed by atoms with Crippen LogP contribution in [-0.4, -0.2) is 14.2 Å². The summed E-state index contributed by atoms with van der Waals surface area (Å²) >= 11 is 10.0. The Morgan fingerprint density at radius 1 is 1.67 bits per heavy atom. The second-order valence-electron chi connectivity index (χ2n) is 2.39. The van der Waals surface area contributed by atoms with Crippen LogP contribution in [-0.2, 0) is 9.53 Å². The molecule has 1 aliphatic heterocycles. The summed E-state index contributed by atoms with van der Waals surface area (Å²) in [5.41, 5.74) is 0.936. The first-order chi connectivity index (χ1) is 5.50. The maximum atomic E-state index is 11.0. The first-order valence-corrected chi connectivity index (χ1v) is 6.04. The Morgan fingerprint density at radius 2 is 2.25 bits per heavy atom. The molecular formula is C7H7Br3O2. The van der Waals surface area contributed by atoms with Crippen molar-refractivity contribution in [3.63, 3.8) is 0 Å². The highest BCUT2D eigenvalue weighted by molar-refractivity contribution is 9.25. The van der Waals surface area contributed by atoms with Gasteiger partial charge in [-0.1, -0.05) is 38.8 Å². The van der Waals surface area contributed by atoms with E-state index in [9.17, 15) is 4.79 Å². The highest BCUT2D eigenvalue weighted by Gasteiger charge is 2.44. The van der Waals surface area contributed by atoms with Gasteiger partial charge in [-0.15, -0.1) is 0 Å². The van der Waals surface area contributed by atoms with Crippen LogP contribution in [0, 0.1) is 0 Å². The Labute approximate surface area is 96.1 Å². The zero-order chi connectivity index (χ0) is 9.35. The third kappa shape index (κ3) is 1.77. The lowest BCUT2D eigenvalue weighted by Crippen LogP contribution is -2.31. The summed E-state index contributed by atoms with van der Waals surface area (Å²) in [6.07, 6.45) is 2.30. The molecular weight excluding hydrogens is 356 g/mol. The van der Waals surface area contributed by atoms with Crippen LogP contribution >= 0.6 is 47.8 Å². The third-order valence-corrected chi connectivity index (χ3v) is 5.29. The number of hydrogen-bond acceptors (Lipinski definition) is 2. The van der Waals surface area contributed by atoms with Gasteiger partial charge in [0.15, 0.2) is 0 Å². The Morgan fingerprint density at radius 3 is 2.58 bits per heavy atom. The van der Waals surface area contributed by atoms with E-state index in [1.807, 2.05) is 6.92 Å². The van der Waals surface area contributed by atoms with Gasteiger partial charge < -0.3 is 4.74 Å². The van der Waals surface area contributed by atoms with Crippen molar-refractivity contribution in [2.75, 3.05) is 0 Å². The molecule has 5 heteroatoms. The van der Waals surface area contributed by atoms with Crippen molar-refractivity contribution in [1.82, 2.24) is 0 Å². The molecule has 0 spiro atoms. The second kappa shape index (κ2) is 3.80. The van der Waals surface area contributed by atoms with E-state index in [0.29, 0.717) is 0 Å². The zero-order valence-electron chi connectivity index (χ0n) is 6.31. The fraction of sp³-hybridized carbons (Fsp3) is 0.571. The van der Waals surface area contributed by atoms with E-state index < -0.39 is 4.51 Å². The summed E-state index contributed by atoms with van der Waals surface area (Å²) in [5.74, 6) is -0.298. The Bertz CT molecular complexity index is 237. The molecule has 0 radical (unpaired) electrons. The van der Waals surface area contributed by atoms with E-state index in [1.165, 1.54) is 6.08 Å². The number of hydrogen-bond donors (Lipinski definition) is 0. The molecule has 0 aromatic heterocycles. The first kappa shape index (κ1) is 10.7. The molecule has 0 aromatic rings. The summed E-state index contributed by atoms with van der Waals surface area (Å²) in [6, 6.07) is 0. The van der Waals surface area contributed by atoms with Crippen LogP contribution in [0.25, 0.3) is 0 Å². The van der Waals surface area contributed by atoms with Crippen LogP contribution in [0.1, 0.15) is 13.3 Å². The van der Waals surface area contributed by atoms with Gasteiger partial charge in [-0.3, -0.25) is 0 Å². The molecule has 1 atom stereocenters. The molecule has 0 saturated heterocycles. The average molecular weight is 363 g/mol. The number of carbonyl (C=O) groups excluding carboxylic acids is 1. The quantitative estimate of drug-likeness (QED) is 0.557. The van der Waals surface area contributed by atoms with Crippen molar-refractivity contribution in [2.24, 2.45) is 0 Å². The maximum absolute atomic E-state index is 11.0. The molecule has 1 heterocycles. The number of halogens is 3. The Balaban J connectivity index is 2.94. The normalized spacial score (nSPS) is 29.1. The Hall–Kier alpha value is 0.650. The fourth-order valence-corrected chi connectivity index (χ4v) is 2.34. The molecule has 0 amide bonds. The van der Waals surface area contributed by atoms with Crippen LogP contribution in [0.3, 0.4) is 0 Å². The van der Waals surface area contributed by atoms with Crippen LogP contribution < -0.4 is 0 Å². The summed E-state index contributed by atoms with van der Waals surface area (Å²) in [6.45, 7) is 1.98. The number of cyclic esters (lactones) is 1. The molecule has 0 fully saturated rings. The van der Waals surface area contributed by atoms with Gasteiger partial charge in [0.1, 0.15) is 3.74 Å². The molecule has 0 bridgehead atoms. The lowest BCUT2D eigenvalue weighted by atomic mass is 10.1. The molecule has 0 saturated carbocycles. The third-order valence-electron chi connectivity index (χ3n) is 1.64. The lowest BCUT2D eigenvalue weighted by Gasteiger charge is -2.25. The summed E-state index contributed by atoms with van der Waals surface area (Å²) in [7, 11) is 0. The topological polar surface area (TPSA) is 26.3 Å². The first-order valence-electron chi connectivity index (χ1n) is 3.41. The van der Waals surface area contributed by atoms with Crippen molar-refractivity contribution < 1.29 is 9.53 Å². The van der Waals surface area contributed by atoms with Crippen molar-refractivity contribution >= 4 is 53.8 Å². The van der Waals surface area contributed by atoms with Crippen LogP contribution in [0.15, 0.2) is 11.6 Å². The molecule has 12 heavy (non-hydrogen) atoms. The largest absolute Gasteiger partial charge is 0.438 e.